The van der Waals surface area contributed by atoms with Crippen molar-refractivity contribution in [2.75, 3.05) is 66.1 Å². The summed E-state index contributed by atoms with van der Waals surface area (Å²) in [5.74, 6) is -0.899. The summed E-state index contributed by atoms with van der Waals surface area (Å²) >= 11 is 0. The topological polar surface area (TPSA) is 89.5 Å². The minimum Gasteiger partial charge on any atom is -0.444 e. The molecule has 0 aromatic rings. The second-order valence-corrected chi connectivity index (χ2v) is 5.81. The van der Waals surface area contributed by atoms with Crippen LogP contribution in [0.2, 0.25) is 0 Å². The minimum absolute atomic E-state index is 0.0811. The lowest BCUT2D eigenvalue weighted by atomic mass is 9.88. The maximum atomic E-state index is 12.8. The molecule has 0 radical (unpaired) electrons. The lowest BCUT2D eigenvalue weighted by molar-refractivity contribution is -0.165. The standard InChI is InChI=1S/C18H26O8/c1-15(19)26-18-4-2-3-16(17(18)20)13-24-11-9-22-7-5-21-6-8-23-10-12-25-14-18/h2-4H,5-14H2,1H3/t18-/m0/s1. The Morgan fingerprint density at radius 1 is 0.923 bits per heavy atom. The molecule has 1 aliphatic carbocycles. The second-order valence-electron chi connectivity index (χ2n) is 5.81. The average molecular weight is 370 g/mol. The van der Waals surface area contributed by atoms with Gasteiger partial charge in [0, 0.05) is 12.5 Å². The highest BCUT2D eigenvalue weighted by atomic mass is 16.6. The zero-order chi connectivity index (χ0) is 18.7. The second kappa shape index (κ2) is 11.2. The van der Waals surface area contributed by atoms with Crippen molar-refractivity contribution < 1.29 is 38.0 Å². The van der Waals surface area contributed by atoms with Crippen molar-refractivity contribution in [1.29, 1.82) is 0 Å². The molecule has 1 heterocycles. The summed E-state index contributed by atoms with van der Waals surface area (Å²) in [6.45, 7) is 4.49. The molecule has 8 nitrogen and oxygen atoms in total. The van der Waals surface area contributed by atoms with Crippen molar-refractivity contribution in [1.82, 2.24) is 0 Å². The Kier molecular flexibility index (Phi) is 8.93. The van der Waals surface area contributed by atoms with Crippen LogP contribution in [0.25, 0.3) is 0 Å². The average Bonchev–Trinajstić information content (AvgIpc) is 2.60. The van der Waals surface area contributed by atoms with Gasteiger partial charge in [-0.2, -0.15) is 0 Å². The molecule has 2 aliphatic rings. The van der Waals surface area contributed by atoms with Crippen LogP contribution in [-0.2, 0) is 38.0 Å². The van der Waals surface area contributed by atoms with Crippen LogP contribution in [0.4, 0.5) is 0 Å². The number of ketones is 1. The number of Topliss-reactive ketones (excluding diaryl/α,β-unsaturated/α-hetero) is 1. The van der Waals surface area contributed by atoms with Gasteiger partial charge in [0.15, 0.2) is 0 Å². The number of hydrogen-bond acceptors (Lipinski definition) is 8. The monoisotopic (exact) mass is 370 g/mol. The molecule has 1 aliphatic heterocycles. The van der Waals surface area contributed by atoms with Gasteiger partial charge in [-0.1, -0.05) is 12.2 Å². The van der Waals surface area contributed by atoms with Crippen molar-refractivity contribution in [2.24, 2.45) is 0 Å². The van der Waals surface area contributed by atoms with E-state index in [2.05, 4.69) is 0 Å². The number of ether oxygens (including phenoxy) is 6. The van der Waals surface area contributed by atoms with Gasteiger partial charge in [0.25, 0.3) is 0 Å². The molecule has 0 spiro atoms. The first kappa shape index (κ1) is 20.7. The van der Waals surface area contributed by atoms with Crippen LogP contribution >= 0.6 is 0 Å². The van der Waals surface area contributed by atoms with E-state index in [1.54, 1.807) is 12.2 Å². The summed E-state index contributed by atoms with van der Waals surface area (Å²) in [7, 11) is 0. The van der Waals surface area contributed by atoms with Crippen molar-refractivity contribution in [3.63, 3.8) is 0 Å². The molecule has 0 aromatic carbocycles. The molecular formula is C18H26O8. The van der Waals surface area contributed by atoms with Gasteiger partial charge in [0.2, 0.25) is 11.4 Å². The van der Waals surface area contributed by atoms with E-state index < -0.39 is 11.6 Å². The van der Waals surface area contributed by atoms with Crippen molar-refractivity contribution in [3.8, 4) is 0 Å². The van der Waals surface area contributed by atoms with Crippen molar-refractivity contribution >= 4 is 11.8 Å². The smallest absolute Gasteiger partial charge is 0.304 e. The van der Waals surface area contributed by atoms with Crippen LogP contribution in [0.15, 0.2) is 23.8 Å². The first-order valence-corrected chi connectivity index (χ1v) is 8.65. The number of esters is 1. The number of carbonyl (C=O) groups is 2. The maximum absolute atomic E-state index is 12.8. The maximum Gasteiger partial charge on any atom is 0.304 e. The molecule has 0 aromatic heterocycles. The molecular weight excluding hydrogens is 344 g/mol. The zero-order valence-electron chi connectivity index (χ0n) is 15.1. The van der Waals surface area contributed by atoms with Crippen LogP contribution in [0.5, 0.6) is 0 Å². The van der Waals surface area contributed by atoms with Crippen LogP contribution in [0, 0.1) is 0 Å². The number of carbonyl (C=O) groups excluding carboxylic acids is 2. The minimum atomic E-state index is -1.47. The quantitative estimate of drug-likeness (QED) is 0.615. The summed E-state index contributed by atoms with van der Waals surface area (Å²) in [6.07, 6.45) is 4.87. The molecule has 0 amide bonds. The first-order valence-electron chi connectivity index (χ1n) is 8.65. The van der Waals surface area contributed by atoms with Gasteiger partial charge in [0.1, 0.15) is 0 Å². The van der Waals surface area contributed by atoms with E-state index in [4.69, 9.17) is 28.4 Å². The van der Waals surface area contributed by atoms with E-state index in [0.717, 1.165) is 0 Å². The molecule has 26 heavy (non-hydrogen) atoms. The van der Waals surface area contributed by atoms with Gasteiger partial charge in [-0.05, 0) is 6.08 Å². The fourth-order valence-electron chi connectivity index (χ4n) is 2.52. The van der Waals surface area contributed by atoms with E-state index in [1.165, 1.54) is 13.0 Å². The summed E-state index contributed by atoms with van der Waals surface area (Å²) in [6, 6.07) is 0. The van der Waals surface area contributed by atoms with Gasteiger partial charge in [0.05, 0.1) is 66.1 Å². The molecule has 2 bridgehead atoms. The Morgan fingerprint density at radius 2 is 1.46 bits per heavy atom. The SMILES string of the molecule is CC(=O)O[C@@]12C=CC=C(COCCOCCOCCOCCOC1)C2=O. The van der Waals surface area contributed by atoms with Gasteiger partial charge in [-0.15, -0.1) is 0 Å². The van der Waals surface area contributed by atoms with Crippen LogP contribution in [0.1, 0.15) is 6.92 Å². The van der Waals surface area contributed by atoms with E-state index >= 15 is 0 Å². The normalized spacial score (nSPS) is 27.1. The van der Waals surface area contributed by atoms with Crippen LogP contribution in [0.3, 0.4) is 0 Å². The fraction of sp³-hybridized carbons (Fsp3) is 0.667. The Morgan fingerprint density at radius 3 is 2.04 bits per heavy atom. The van der Waals surface area contributed by atoms with Crippen molar-refractivity contribution in [2.45, 2.75) is 12.5 Å². The van der Waals surface area contributed by atoms with Gasteiger partial charge in [-0.3, -0.25) is 9.59 Å². The summed E-state index contributed by atoms with van der Waals surface area (Å²) in [5, 5.41) is 0. The highest BCUT2D eigenvalue weighted by Crippen LogP contribution is 2.25. The molecule has 0 N–H and O–H groups in total. The van der Waals surface area contributed by atoms with Crippen molar-refractivity contribution in [3.05, 3.63) is 23.8 Å². The lowest BCUT2D eigenvalue weighted by Gasteiger charge is -2.31. The number of hydrogen-bond donors (Lipinski definition) is 0. The third-order valence-corrected chi connectivity index (χ3v) is 3.73. The third kappa shape index (κ3) is 6.62. The Labute approximate surface area is 153 Å². The Bertz CT molecular complexity index is 527. The van der Waals surface area contributed by atoms with E-state index in [9.17, 15) is 9.59 Å². The van der Waals surface area contributed by atoms with Gasteiger partial charge in [-0.25, -0.2) is 0 Å². The molecule has 1 atom stereocenters. The van der Waals surface area contributed by atoms with E-state index in [1.807, 2.05) is 0 Å². The number of allylic oxidation sites excluding steroid dienone is 2. The predicted octanol–water partition coefficient (Wildman–Crippen LogP) is 0.450. The first-order chi connectivity index (χ1) is 12.6. The molecule has 0 unspecified atom stereocenters. The summed E-state index contributed by atoms with van der Waals surface area (Å²) < 4.78 is 32.5. The number of fused-ring (bicyclic) bond motifs is 2. The number of rotatable bonds is 1. The van der Waals surface area contributed by atoms with E-state index in [-0.39, 0.29) is 25.6 Å². The van der Waals surface area contributed by atoms with Crippen LogP contribution in [-0.4, -0.2) is 83.4 Å². The van der Waals surface area contributed by atoms with Gasteiger partial charge >= 0.3 is 5.97 Å². The molecule has 0 saturated carbocycles. The molecule has 1 fully saturated rings. The highest BCUT2D eigenvalue weighted by Gasteiger charge is 2.42. The molecule has 1 saturated heterocycles. The van der Waals surface area contributed by atoms with Crippen LogP contribution < -0.4 is 0 Å². The summed E-state index contributed by atoms with van der Waals surface area (Å²) in [5.41, 5.74) is -1.05. The van der Waals surface area contributed by atoms with Gasteiger partial charge < -0.3 is 28.4 Å². The zero-order valence-corrected chi connectivity index (χ0v) is 15.1. The Hall–Kier alpha value is -1.58. The Balaban J connectivity index is 2.01. The summed E-state index contributed by atoms with van der Waals surface area (Å²) in [4.78, 5) is 24.4. The molecule has 8 heteroatoms. The predicted molar refractivity (Wildman–Crippen MR) is 90.8 cm³/mol. The molecule has 146 valence electrons. The highest BCUT2D eigenvalue weighted by molar-refractivity contribution is 6.06. The molecule has 2 rings (SSSR count). The third-order valence-electron chi connectivity index (χ3n) is 3.73. The van der Waals surface area contributed by atoms with E-state index in [0.29, 0.717) is 51.8 Å². The fourth-order valence-corrected chi connectivity index (χ4v) is 2.52. The largest absolute Gasteiger partial charge is 0.444 e. The lowest BCUT2D eigenvalue weighted by Crippen LogP contribution is -2.48.